The summed E-state index contributed by atoms with van der Waals surface area (Å²) in [7, 11) is 0. The van der Waals surface area contributed by atoms with Crippen LogP contribution in [0.15, 0.2) is 40.8 Å². The fourth-order valence-electron chi connectivity index (χ4n) is 6.44. The molecule has 5 rings (SSSR count). The van der Waals surface area contributed by atoms with Gasteiger partial charge in [0.1, 0.15) is 24.4 Å². The van der Waals surface area contributed by atoms with Crippen LogP contribution < -0.4 is 10.6 Å². The van der Waals surface area contributed by atoms with Crippen LogP contribution in [0.4, 0.5) is 4.39 Å². The van der Waals surface area contributed by atoms with E-state index < -0.39 is 42.6 Å². The van der Waals surface area contributed by atoms with Gasteiger partial charge in [0.15, 0.2) is 0 Å². The molecule has 2 amide bonds. The van der Waals surface area contributed by atoms with Crippen LogP contribution in [0.25, 0.3) is 0 Å². The van der Waals surface area contributed by atoms with Crippen molar-refractivity contribution in [3.8, 4) is 0 Å². The Kier molecular flexibility index (Phi) is 12.3. The molecule has 1 aromatic rings. The van der Waals surface area contributed by atoms with E-state index in [0.717, 1.165) is 37.0 Å². The Morgan fingerprint density at radius 1 is 1.09 bits per heavy atom. The molecular formula is C33H48FN3O7S. The van der Waals surface area contributed by atoms with Gasteiger partial charge in [0.25, 0.3) is 5.91 Å². The van der Waals surface area contributed by atoms with Crippen LogP contribution >= 0.6 is 11.8 Å². The van der Waals surface area contributed by atoms with Crippen LogP contribution in [0.5, 0.6) is 0 Å². The zero-order chi connectivity index (χ0) is 31.9. The number of carbonyl (C=O) groups excluding carboxylic acids is 2. The number of thioether (sulfide) groups is 1. The molecule has 0 radical (unpaired) electrons. The average Bonchev–Trinajstić information content (AvgIpc) is 3.92. The van der Waals surface area contributed by atoms with E-state index in [-0.39, 0.29) is 29.7 Å². The first-order chi connectivity index (χ1) is 21.8. The lowest BCUT2D eigenvalue weighted by atomic mass is 9.88. The van der Waals surface area contributed by atoms with Crippen molar-refractivity contribution >= 4 is 23.6 Å². The first-order valence-electron chi connectivity index (χ1n) is 16.4. The second kappa shape index (κ2) is 16.2. The van der Waals surface area contributed by atoms with Crippen LogP contribution in [-0.4, -0.2) is 119 Å². The van der Waals surface area contributed by atoms with Gasteiger partial charge in [-0.1, -0.05) is 18.6 Å². The number of hydrogen-bond acceptors (Lipinski definition) is 9. The maximum Gasteiger partial charge on any atom is 0.254 e. The van der Waals surface area contributed by atoms with Crippen LogP contribution in [0, 0.1) is 5.92 Å². The first kappa shape index (κ1) is 34.3. The molecule has 1 aliphatic carbocycles. The lowest BCUT2D eigenvalue weighted by Crippen LogP contribution is -2.66. The number of amides is 2. The van der Waals surface area contributed by atoms with E-state index in [1.54, 1.807) is 17.0 Å². The summed E-state index contributed by atoms with van der Waals surface area (Å²) in [4.78, 5) is 29.3. The standard InChI is InChI=1S/C33H48FN3O7S/c1-20(45-24-10-8-23(9-11-24)33(42)37-16-18-43-19-17-37)26(31-29(40)27(38)28(39)30(44-31)22-6-7-22)36-32(41)25-12-5-21(13-15-35-25)4-2-3-14-34/h5,8-11,20,22,25-31,35,38-40H,2-4,6-7,12-19H2,1H3,(H,36,41). The largest absolute Gasteiger partial charge is 0.388 e. The summed E-state index contributed by atoms with van der Waals surface area (Å²) in [6, 6.07) is 6.14. The van der Waals surface area contributed by atoms with Crippen molar-refractivity contribution in [2.24, 2.45) is 5.92 Å². The van der Waals surface area contributed by atoms with Gasteiger partial charge in [-0.25, -0.2) is 0 Å². The number of halogens is 1. The van der Waals surface area contributed by atoms with Crippen LogP contribution in [0.1, 0.15) is 62.2 Å². The summed E-state index contributed by atoms with van der Waals surface area (Å²) in [5.74, 6) is -0.175. The highest BCUT2D eigenvalue weighted by molar-refractivity contribution is 8.00. The molecule has 3 heterocycles. The van der Waals surface area contributed by atoms with Crippen LogP contribution in [0.2, 0.25) is 0 Å². The van der Waals surface area contributed by atoms with Gasteiger partial charge in [-0.3, -0.25) is 14.0 Å². The Bertz CT molecular complexity index is 1160. The molecule has 1 aromatic carbocycles. The Morgan fingerprint density at radius 3 is 2.51 bits per heavy atom. The van der Waals surface area contributed by atoms with Gasteiger partial charge in [0.05, 0.1) is 38.1 Å². The number of hydrogen-bond donors (Lipinski definition) is 5. The molecule has 8 unspecified atom stereocenters. The lowest BCUT2D eigenvalue weighted by Gasteiger charge is -2.45. The third kappa shape index (κ3) is 8.85. The Labute approximate surface area is 269 Å². The number of morpholine rings is 1. The molecule has 5 N–H and O–H groups in total. The highest BCUT2D eigenvalue weighted by Gasteiger charge is 2.52. The van der Waals surface area contributed by atoms with Gasteiger partial charge in [0, 0.05) is 28.8 Å². The molecule has 3 aliphatic heterocycles. The van der Waals surface area contributed by atoms with Gasteiger partial charge in [-0.2, -0.15) is 0 Å². The molecule has 250 valence electrons. The molecule has 12 heteroatoms. The third-order valence-corrected chi connectivity index (χ3v) is 10.6. The van der Waals surface area contributed by atoms with Gasteiger partial charge in [-0.15, -0.1) is 11.8 Å². The minimum absolute atomic E-state index is 0.0408. The quantitative estimate of drug-likeness (QED) is 0.131. The highest BCUT2D eigenvalue weighted by atomic mass is 32.2. The normalized spacial score (nSPS) is 30.6. The second-order valence-corrected chi connectivity index (χ2v) is 14.1. The number of aliphatic hydroxyl groups excluding tert-OH is 3. The molecule has 10 nitrogen and oxygen atoms in total. The minimum Gasteiger partial charge on any atom is -0.388 e. The van der Waals surface area contributed by atoms with Gasteiger partial charge < -0.3 is 40.3 Å². The fourth-order valence-corrected chi connectivity index (χ4v) is 7.53. The SMILES string of the molecule is CC(Sc1ccc(C(=O)N2CCOCC2)cc1)C(NC(=O)C1CC=C(CCCCF)CCN1)C1OC(C2CC2)C(O)C(O)C1O. The minimum atomic E-state index is -1.40. The van der Waals surface area contributed by atoms with Crippen molar-refractivity contribution in [3.05, 3.63) is 41.5 Å². The van der Waals surface area contributed by atoms with E-state index in [2.05, 4.69) is 16.7 Å². The summed E-state index contributed by atoms with van der Waals surface area (Å²) in [6.07, 6.45) is 1.67. The zero-order valence-corrected chi connectivity index (χ0v) is 26.8. The smallest absolute Gasteiger partial charge is 0.254 e. The summed E-state index contributed by atoms with van der Waals surface area (Å²) in [5.41, 5.74) is 1.81. The number of carbonyl (C=O) groups is 2. The van der Waals surface area contributed by atoms with Crippen LogP contribution in [0.3, 0.4) is 0 Å². The third-order valence-electron chi connectivity index (χ3n) is 9.34. The molecule has 45 heavy (non-hydrogen) atoms. The zero-order valence-electron chi connectivity index (χ0n) is 26.0. The van der Waals surface area contributed by atoms with Crippen molar-refractivity contribution < 1.29 is 38.8 Å². The van der Waals surface area contributed by atoms with Crippen molar-refractivity contribution in [2.75, 3.05) is 39.5 Å². The van der Waals surface area contributed by atoms with E-state index >= 15 is 0 Å². The molecule has 0 aromatic heterocycles. The Balaban J connectivity index is 1.30. The lowest BCUT2D eigenvalue weighted by molar-refractivity contribution is -0.233. The number of unbranched alkanes of at least 4 members (excludes halogenated alkanes) is 1. The van der Waals surface area contributed by atoms with Crippen molar-refractivity contribution in [3.63, 3.8) is 0 Å². The summed E-state index contributed by atoms with van der Waals surface area (Å²) < 4.78 is 24.2. The topological polar surface area (TPSA) is 141 Å². The fraction of sp³-hybridized carbons (Fsp3) is 0.697. The van der Waals surface area contributed by atoms with Gasteiger partial charge in [0.2, 0.25) is 5.91 Å². The predicted molar refractivity (Wildman–Crippen MR) is 169 cm³/mol. The Morgan fingerprint density at radius 2 is 1.82 bits per heavy atom. The van der Waals surface area contributed by atoms with E-state index in [9.17, 15) is 29.3 Å². The number of nitrogens with zero attached hydrogens (tertiary/aromatic N) is 1. The number of aliphatic hydroxyl groups is 3. The molecule has 0 spiro atoms. The number of benzene rings is 1. The maximum atomic E-state index is 13.7. The van der Waals surface area contributed by atoms with Crippen molar-refractivity contribution in [1.82, 2.24) is 15.5 Å². The molecule has 3 fully saturated rings. The molecule has 1 saturated carbocycles. The van der Waals surface area contributed by atoms with Crippen molar-refractivity contribution in [1.29, 1.82) is 0 Å². The molecule has 8 atom stereocenters. The van der Waals surface area contributed by atoms with E-state index in [1.807, 2.05) is 19.1 Å². The highest BCUT2D eigenvalue weighted by Crippen LogP contribution is 2.41. The molecule has 2 saturated heterocycles. The van der Waals surface area contributed by atoms with Gasteiger partial charge >= 0.3 is 0 Å². The molecule has 4 aliphatic rings. The van der Waals surface area contributed by atoms with Crippen molar-refractivity contribution in [2.45, 2.75) is 105 Å². The summed E-state index contributed by atoms with van der Waals surface area (Å²) in [5, 5.41) is 38.8. The first-order valence-corrected chi connectivity index (χ1v) is 17.3. The number of alkyl halides is 1. The predicted octanol–water partition coefficient (Wildman–Crippen LogP) is 2.20. The van der Waals surface area contributed by atoms with Gasteiger partial charge in [-0.05, 0) is 81.7 Å². The average molecular weight is 650 g/mol. The van der Waals surface area contributed by atoms with E-state index in [0.29, 0.717) is 51.3 Å². The number of nitrogens with one attached hydrogen (secondary N) is 2. The molecule has 0 bridgehead atoms. The maximum absolute atomic E-state index is 13.7. The molecular weight excluding hydrogens is 601 g/mol. The monoisotopic (exact) mass is 649 g/mol. The number of ether oxygens (including phenoxy) is 2. The summed E-state index contributed by atoms with van der Waals surface area (Å²) >= 11 is 1.48. The Hall–Kier alpha value is -2.06. The second-order valence-electron chi connectivity index (χ2n) is 12.7. The summed E-state index contributed by atoms with van der Waals surface area (Å²) in [6.45, 7) is 4.42. The van der Waals surface area contributed by atoms with E-state index in [1.165, 1.54) is 17.3 Å². The van der Waals surface area contributed by atoms with E-state index in [4.69, 9.17) is 9.47 Å². The van der Waals surface area contributed by atoms with Crippen LogP contribution in [-0.2, 0) is 14.3 Å². The number of rotatable bonds is 12.